The van der Waals surface area contributed by atoms with Gasteiger partial charge in [0.05, 0.1) is 22.9 Å². The number of unbranched alkanes of at least 4 members (excludes halogenated alkanes) is 1. The molecule has 0 atom stereocenters. The molecule has 1 heterocycles. The van der Waals surface area contributed by atoms with Gasteiger partial charge in [0.15, 0.2) is 0 Å². The zero-order chi connectivity index (χ0) is 20.1. The lowest BCUT2D eigenvalue weighted by molar-refractivity contribution is -0.137. The summed E-state index contributed by atoms with van der Waals surface area (Å²) in [6.45, 7) is 2.36. The minimum absolute atomic E-state index is 0.243. The minimum atomic E-state index is -4.36. The highest BCUT2D eigenvalue weighted by Crippen LogP contribution is 2.32. The first-order valence-corrected chi connectivity index (χ1v) is 9.75. The molecule has 3 aromatic rings. The lowest BCUT2D eigenvalue weighted by Gasteiger charge is -2.07. The summed E-state index contributed by atoms with van der Waals surface area (Å²) in [5, 5.41) is 12.2. The van der Waals surface area contributed by atoms with Gasteiger partial charge in [0.25, 0.3) is 0 Å². The van der Waals surface area contributed by atoms with Gasteiger partial charge in [-0.2, -0.15) is 13.2 Å². The predicted octanol–water partition coefficient (Wildman–Crippen LogP) is 6.24. The first-order valence-electron chi connectivity index (χ1n) is 8.87. The summed E-state index contributed by atoms with van der Waals surface area (Å²) in [6.07, 6.45) is -1.91. The SMILES string of the molecule is Cc1cc(OCCCCc2nc(-c3cccc(C(F)(F)F)c3)cs2)ccc1O. The Morgan fingerprint density at radius 3 is 2.68 bits per heavy atom. The van der Waals surface area contributed by atoms with Crippen molar-refractivity contribution in [3.63, 3.8) is 0 Å². The van der Waals surface area contributed by atoms with Crippen LogP contribution < -0.4 is 4.74 Å². The van der Waals surface area contributed by atoms with Crippen LogP contribution in [0.3, 0.4) is 0 Å². The molecular weight excluding hydrogens is 387 g/mol. The predicted molar refractivity (Wildman–Crippen MR) is 104 cm³/mol. The number of aromatic nitrogens is 1. The molecule has 28 heavy (non-hydrogen) atoms. The molecule has 0 radical (unpaired) electrons. The normalized spacial score (nSPS) is 11.6. The van der Waals surface area contributed by atoms with Crippen LogP contribution in [0.25, 0.3) is 11.3 Å². The van der Waals surface area contributed by atoms with Gasteiger partial charge < -0.3 is 9.84 Å². The topological polar surface area (TPSA) is 42.4 Å². The summed E-state index contributed by atoms with van der Waals surface area (Å²) < 4.78 is 44.2. The molecule has 0 aliphatic heterocycles. The Morgan fingerprint density at radius 1 is 1.11 bits per heavy atom. The van der Waals surface area contributed by atoms with Gasteiger partial charge in [-0.3, -0.25) is 0 Å². The number of thiazole rings is 1. The van der Waals surface area contributed by atoms with Crippen LogP contribution in [0.1, 0.15) is 29.0 Å². The number of phenols is 1. The molecule has 148 valence electrons. The molecule has 0 spiro atoms. The van der Waals surface area contributed by atoms with E-state index in [-0.39, 0.29) is 5.75 Å². The van der Waals surface area contributed by atoms with Crippen LogP contribution in [0.5, 0.6) is 11.5 Å². The maximum Gasteiger partial charge on any atom is 0.416 e. The molecule has 1 N–H and O–H groups in total. The molecular formula is C21H20F3NO2S. The molecule has 3 rings (SSSR count). The zero-order valence-electron chi connectivity index (χ0n) is 15.3. The van der Waals surface area contributed by atoms with Crippen molar-refractivity contribution >= 4 is 11.3 Å². The largest absolute Gasteiger partial charge is 0.508 e. The van der Waals surface area contributed by atoms with Crippen molar-refractivity contribution in [1.82, 2.24) is 4.98 Å². The standard InChI is InChI=1S/C21H20F3NO2S/c1-14-11-17(8-9-19(14)26)27-10-3-2-7-20-25-18(13-28-20)15-5-4-6-16(12-15)21(22,23)24/h4-6,8-9,11-13,26H,2-3,7,10H2,1H3. The fourth-order valence-electron chi connectivity index (χ4n) is 2.70. The molecule has 3 nitrogen and oxygen atoms in total. The average Bonchev–Trinajstić information content (AvgIpc) is 3.13. The first-order chi connectivity index (χ1) is 13.3. The summed E-state index contributed by atoms with van der Waals surface area (Å²) in [5.41, 5.74) is 1.15. The molecule has 0 amide bonds. The Hall–Kier alpha value is -2.54. The van der Waals surface area contributed by atoms with E-state index in [1.165, 1.54) is 17.4 Å². The van der Waals surface area contributed by atoms with Crippen LogP contribution in [0.4, 0.5) is 13.2 Å². The van der Waals surface area contributed by atoms with Crippen molar-refractivity contribution in [1.29, 1.82) is 0 Å². The van der Waals surface area contributed by atoms with Gasteiger partial charge in [0, 0.05) is 10.9 Å². The third-order valence-electron chi connectivity index (χ3n) is 4.26. The van der Waals surface area contributed by atoms with Crippen molar-refractivity contribution in [3.05, 3.63) is 64.0 Å². The zero-order valence-corrected chi connectivity index (χ0v) is 16.1. The van der Waals surface area contributed by atoms with Crippen molar-refractivity contribution in [2.75, 3.05) is 6.61 Å². The molecule has 0 unspecified atom stereocenters. The average molecular weight is 407 g/mol. The van der Waals surface area contributed by atoms with E-state index in [9.17, 15) is 18.3 Å². The molecule has 0 aliphatic rings. The van der Waals surface area contributed by atoms with Crippen molar-refractivity contribution in [3.8, 4) is 22.8 Å². The van der Waals surface area contributed by atoms with Gasteiger partial charge in [-0.1, -0.05) is 12.1 Å². The van der Waals surface area contributed by atoms with Crippen LogP contribution in [-0.4, -0.2) is 16.7 Å². The van der Waals surface area contributed by atoms with Gasteiger partial charge >= 0.3 is 6.18 Å². The number of halogens is 3. The van der Waals surface area contributed by atoms with Crippen LogP contribution in [0, 0.1) is 6.92 Å². The van der Waals surface area contributed by atoms with Gasteiger partial charge in [0.2, 0.25) is 0 Å². The van der Waals surface area contributed by atoms with Crippen LogP contribution in [0.2, 0.25) is 0 Å². The summed E-state index contributed by atoms with van der Waals surface area (Å²) in [6, 6.07) is 10.4. The second-order valence-electron chi connectivity index (χ2n) is 6.46. The van der Waals surface area contributed by atoms with E-state index in [1.54, 1.807) is 29.6 Å². The Bertz CT molecular complexity index is 937. The summed E-state index contributed by atoms with van der Waals surface area (Å²) in [5.74, 6) is 0.962. The van der Waals surface area contributed by atoms with E-state index >= 15 is 0 Å². The number of benzene rings is 2. The highest BCUT2D eigenvalue weighted by molar-refractivity contribution is 7.09. The maximum atomic E-state index is 12.9. The number of nitrogens with zero attached hydrogens (tertiary/aromatic N) is 1. The van der Waals surface area contributed by atoms with Gasteiger partial charge in [-0.05, 0) is 62.1 Å². The summed E-state index contributed by atoms with van der Waals surface area (Å²) in [4.78, 5) is 4.46. The molecule has 0 saturated heterocycles. The molecule has 1 aromatic heterocycles. The monoisotopic (exact) mass is 407 g/mol. The highest BCUT2D eigenvalue weighted by atomic mass is 32.1. The third kappa shape index (κ3) is 5.25. The Kier molecular flexibility index (Phi) is 6.24. The number of rotatable bonds is 7. The van der Waals surface area contributed by atoms with E-state index < -0.39 is 11.7 Å². The number of hydrogen-bond donors (Lipinski definition) is 1. The first kappa shape index (κ1) is 20.2. The maximum absolute atomic E-state index is 12.9. The second-order valence-corrected chi connectivity index (χ2v) is 7.40. The summed E-state index contributed by atoms with van der Waals surface area (Å²) in [7, 11) is 0. The van der Waals surface area contributed by atoms with Crippen LogP contribution in [0.15, 0.2) is 47.8 Å². The second kappa shape index (κ2) is 8.65. The number of aryl methyl sites for hydroxylation is 2. The Balaban J connectivity index is 1.49. The lowest BCUT2D eigenvalue weighted by Crippen LogP contribution is -2.04. The van der Waals surface area contributed by atoms with Crippen LogP contribution in [-0.2, 0) is 12.6 Å². The number of phenolic OH excluding ortho intramolecular Hbond substituents is 1. The smallest absolute Gasteiger partial charge is 0.416 e. The fraction of sp³-hybridized carbons (Fsp3) is 0.286. The van der Waals surface area contributed by atoms with E-state index in [4.69, 9.17) is 4.74 Å². The van der Waals surface area contributed by atoms with E-state index in [0.29, 0.717) is 17.9 Å². The van der Waals surface area contributed by atoms with E-state index in [2.05, 4.69) is 4.98 Å². The third-order valence-corrected chi connectivity index (χ3v) is 5.17. The van der Waals surface area contributed by atoms with Gasteiger partial charge in [0.1, 0.15) is 11.5 Å². The molecule has 0 saturated carbocycles. The number of hydrogen-bond acceptors (Lipinski definition) is 4. The Labute approximate surface area is 165 Å². The van der Waals surface area contributed by atoms with E-state index in [1.807, 2.05) is 6.92 Å². The molecule has 0 fully saturated rings. The van der Waals surface area contributed by atoms with Crippen molar-refractivity contribution < 1.29 is 23.0 Å². The summed E-state index contributed by atoms with van der Waals surface area (Å²) >= 11 is 1.45. The van der Waals surface area contributed by atoms with Gasteiger partial charge in [-0.15, -0.1) is 11.3 Å². The highest BCUT2D eigenvalue weighted by Gasteiger charge is 2.30. The number of alkyl halides is 3. The lowest BCUT2D eigenvalue weighted by atomic mass is 10.1. The molecule has 0 bridgehead atoms. The molecule has 7 heteroatoms. The quantitative estimate of drug-likeness (QED) is 0.471. The van der Waals surface area contributed by atoms with Gasteiger partial charge in [-0.25, -0.2) is 4.98 Å². The minimum Gasteiger partial charge on any atom is -0.508 e. The van der Waals surface area contributed by atoms with Crippen molar-refractivity contribution in [2.45, 2.75) is 32.4 Å². The molecule has 0 aliphatic carbocycles. The van der Waals surface area contributed by atoms with Crippen LogP contribution >= 0.6 is 11.3 Å². The van der Waals surface area contributed by atoms with E-state index in [0.717, 1.165) is 47.7 Å². The fourth-order valence-corrected chi connectivity index (χ4v) is 3.55. The number of aromatic hydroxyl groups is 1. The Morgan fingerprint density at radius 2 is 1.93 bits per heavy atom. The number of ether oxygens (including phenoxy) is 1. The molecule has 2 aromatic carbocycles. The van der Waals surface area contributed by atoms with Crippen molar-refractivity contribution in [2.24, 2.45) is 0 Å².